The highest BCUT2D eigenvalue weighted by Gasteiger charge is 2.32. The van der Waals surface area contributed by atoms with Gasteiger partial charge in [-0.05, 0) is 86.1 Å². The van der Waals surface area contributed by atoms with Crippen LogP contribution in [0, 0.1) is 27.7 Å². The van der Waals surface area contributed by atoms with E-state index in [-0.39, 0.29) is 0 Å². The molecule has 0 saturated carbocycles. The van der Waals surface area contributed by atoms with Crippen LogP contribution in [0.3, 0.4) is 0 Å². The Hall–Kier alpha value is -2.60. The Kier molecular flexibility index (Phi) is 7.48. The molecule has 162 valence electrons. The van der Waals surface area contributed by atoms with E-state index < -0.39 is 29.8 Å². The Balaban J connectivity index is 2.37. The molecule has 0 spiro atoms. The van der Waals surface area contributed by atoms with Gasteiger partial charge in [-0.15, -0.1) is 0 Å². The Labute approximate surface area is 178 Å². The molecule has 2 aromatic carbocycles. The number of rotatable bonds is 6. The molecule has 0 amide bonds. The normalized spacial score (nSPS) is 16.4. The van der Waals surface area contributed by atoms with Gasteiger partial charge in [0.1, 0.15) is 29.8 Å². The van der Waals surface area contributed by atoms with E-state index in [2.05, 4.69) is 0 Å². The van der Waals surface area contributed by atoms with Crippen LogP contribution >= 0.6 is 0 Å². The SMILES string of the molecule is CC(=C(O)[C@@H](O)[C@H](O)[C@@H](O)C(O)=C(C)c1cccc(C)c1C)c1cccc(C)c1C. The zero-order valence-electron chi connectivity index (χ0n) is 18.4. The van der Waals surface area contributed by atoms with Crippen LogP contribution in [0.4, 0.5) is 0 Å². The number of hydrogen-bond donors (Lipinski definition) is 5. The first-order valence-electron chi connectivity index (χ1n) is 9.95. The Morgan fingerprint density at radius 2 is 0.967 bits per heavy atom. The van der Waals surface area contributed by atoms with Crippen molar-refractivity contribution in [1.82, 2.24) is 0 Å². The van der Waals surface area contributed by atoms with Crippen molar-refractivity contribution < 1.29 is 25.5 Å². The molecule has 5 N–H and O–H groups in total. The number of benzene rings is 2. The lowest BCUT2D eigenvalue weighted by atomic mass is 9.92. The first kappa shape index (κ1) is 23.7. The van der Waals surface area contributed by atoms with Crippen LogP contribution in [0.25, 0.3) is 11.1 Å². The van der Waals surface area contributed by atoms with Crippen molar-refractivity contribution in [2.24, 2.45) is 0 Å². The standard InChI is InChI=1S/C25H32O5/c1-13-9-7-11-19(15(13)3)17(5)21(26)23(28)25(30)24(29)22(27)18(6)20-12-8-10-14(2)16(20)4/h7-12,23-30H,1-6H3/t23-,24+,25+. The first-order valence-corrected chi connectivity index (χ1v) is 9.95. The lowest BCUT2D eigenvalue weighted by Crippen LogP contribution is -2.40. The Morgan fingerprint density at radius 3 is 1.30 bits per heavy atom. The van der Waals surface area contributed by atoms with Crippen molar-refractivity contribution in [3.63, 3.8) is 0 Å². The Morgan fingerprint density at radius 1 is 0.633 bits per heavy atom. The van der Waals surface area contributed by atoms with Crippen LogP contribution in [-0.4, -0.2) is 43.8 Å². The van der Waals surface area contributed by atoms with Crippen LogP contribution in [0.1, 0.15) is 47.2 Å². The summed E-state index contributed by atoms with van der Waals surface area (Å²) in [6.07, 6.45) is -5.35. The molecule has 2 aromatic rings. The molecule has 3 atom stereocenters. The van der Waals surface area contributed by atoms with E-state index in [9.17, 15) is 25.5 Å². The largest absolute Gasteiger partial charge is 0.509 e. The van der Waals surface area contributed by atoms with Gasteiger partial charge in [-0.3, -0.25) is 0 Å². The molecule has 0 heterocycles. The highest BCUT2D eigenvalue weighted by Crippen LogP contribution is 2.28. The number of aliphatic hydroxyl groups excluding tert-OH is 5. The van der Waals surface area contributed by atoms with Crippen molar-refractivity contribution in [3.8, 4) is 0 Å². The minimum absolute atomic E-state index is 0.393. The fourth-order valence-electron chi connectivity index (χ4n) is 3.53. The van der Waals surface area contributed by atoms with E-state index in [4.69, 9.17) is 0 Å². The molecule has 0 aliphatic carbocycles. The van der Waals surface area contributed by atoms with Crippen molar-refractivity contribution in [1.29, 1.82) is 0 Å². The zero-order chi connectivity index (χ0) is 22.7. The van der Waals surface area contributed by atoms with Gasteiger partial charge < -0.3 is 25.5 Å². The van der Waals surface area contributed by atoms with Crippen molar-refractivity contribution >= 4 is 11.1 Å². The fraction of sp³-hybridized carbons (Fsp3) is 0.360. The third-order valence-electron chi connectivity index (χ3n) is 5.99. The summed E-state index contributed by atoms with van der Waals surface area (Å²) in [7, 11) is 0. The quantitative estimate of drug-likeness (QED) is 0.456. The average molecular weight is 413 g/mol. The minimum Gasteiger partial charge on any atom is -0.509 e. The second-order valence-electron chi connectivity index (χ2n) is 7.90. The lowest BCUT2D eigenvalue weighted by molar-refractivity contribution is -0.0546. The maximum Gasteiger partial charge on any atom is 0.140 e. The van der Waals surface area contributed by atoms with Crippen LogP contribution < -0.4 is 0 Å². The predicted molar refractivity (Wildman–Crippen MR) is 120 cm³/mol. The summed E-state index contributed by atoms with van der Waals surface area (Å²) >= 11 is 0. The van der Waals surface area contributed by atoms with Gasteiger partial charge in [0, 0.05) is 0 Å². The molecule has 0 radical (unpaired) electrons. The van der Waals surface area contributed by atoms with E-state index in [0.717, 1.165) is 33.4 Å². The number of aliphatic hydroxyl groups is 5. The average Bonchev–Trinajstić information content (AvgIpc) is 2.73. The Bertz CT molecular complexity index is 908. The summed E-state index contributed by atoms with van der Waals surface area (Å²) in [5, 5.41) is 52.6. The number of allylic oxidation sites excluding steroid dienone is 2. The van der Waals surface area contributed by atoms with Crippen molar-refractivity contribution in [2.45, 2.75) is 59.9 Å². The van der Waals surface area contributed by atoms with Crippen LogP contribution in [0.5, 0.6) is 0 Å². The first-order chi connectivity index (χ1) is 14.0. The fourth-order valence-corrected chi connectivity index (χ4v) is 3.53. The molecule has 0 saturated heterocycles. The molecule has 2 rings (SSSR count). The van der Waals surface area contributed by atoms with Crippen molar-refractivity contribution in [3.05, 3.63) is 81.3 Å². The molecule has 0 aliphatic rings. The third-order valence-corrected chi connectivity index (χ3v) is 5.99. The maximum absolute atomic E-state index is 10.6. The summed E-state index contributed by atoms with van der Waals surface area (Å²) in [6, 6.07) is 11.2. The van der Waals surface area contributed by atoms with E-state index >= 15 is 0 Å². The van der Waals surface area contributed by atoms with E-state index in [1.165, 1.54) is 0 Å². The highest BCUT2D eigenvalue weighted by molar-refractivity contribution is 5.71. The molecular formula is C25H32O5. The van der Waals surface area contributed by atoms with Gasteiger partial charge in [0.25, 0.3) is 0 Å². The van der Waals surface area contributed by atoms with Gasteiger partial charge in [-0.1, -0.05) is 36.4 Å². The molecular weight excluding hydrogens is 380 g/mol. The van der Waals surface area contributed by atoms with Crippen molar-refractivity contribution in [2.75, 3.05) is 0 Å². The zero-order valence-corrected chi connectivity index (χ0v) is 18.4. The van der Waals surface area contributed by atoms with Gasteiger partial charge in [0.15, 0.2) is 0 Å². The van der Waals surface area contributed by atoms with Gasteiger partial charge in [-0.25, -0.2) is 0 Å². The van der Waals surface area contributed by atoms with E-state index in [1.54, 1.807) is 13.8 Å². The molecule has 0 unspecified atom stereocenters. The second-order valence-corrected chi connectivity index (χ2v) is 7.90. The van der Waals surface area contributed by atoms with Crippen LogP contribution in [-0.2, 0) is 0 Å². The van der Waals surface area contributed by atoms with Gasteiger partial charge in [0.05, 0.1) is 0 Å². The maximum atomic E-state index is 10.6. The summed E-state index contributed by atoms with van der Waals surface area (Å²) in [4.78, 5) is 0. The molecule has 5 nitrogen and oxygen atoms in total. The molecule has 5 heteroatoms. The van der Waals surface area contributed by atoms with Crippen LogP contribution in [0.2, 0.25) is 0 Å². The van der Waals surface area contributed by atoms with Crippen LogP contribution in [0.15, 0.2) is 47.9 Å². The predicted octanol–water partition coefficient (Wildman–Crippen LogP) is 4.28. The second kappa shape index (κ2) is 9.47. The molecule has 30 heavy (non-hydrogen) atoms. The van der Waals surface area contributed by atoms with Gasteiger partial charge in [0.2, 0.25) is 0 Å². The lowest BCUT2D eigenvalue weighted by Gasteiger charge is -2.25. The highest BCUT2D eigenvalue weighted by atomic mass is 16.4. The monoisotopic (exact) mass is 412 g/mol. The minimum atomic E-state index is -1.81. The third kappa shape index (κ3) is 4.59. The summed E-state index contributed by atoms with van der Waals surface area (Å²) in [5.41, 5.74) is 6.20. The summed E-state index contributed by atoms with van der Waals surface area (Å²) in [5.74, 6) is -0.903. The molecule has 0 aliphatic heterocycles. The summed E-state index contributed by atoms with van der Waals surface area (Å²) < 4.78 is 0. The van der Waals surface area contributed by atoms with E-state index in [0.29, 0.717) is 11.1 Å². The topological polar surface area (TPSA) is 101 Å². The number of aryl methyl sites for hydroxylation is 2. The molecule has 0 fully saturated rings. The van der Waals surface area contributed by atoms with E-state index in [1.807, 2.05) is 64.1 Å². The summed E-state index contributed by atoms with van der Waals surface area (Å²) in [6.45, 7) is 11.0. The molecule has 0 aromatic heterocycles. The van der Waals surface area contributed by atoms with Gasteiger partial charge >= 0.3 is 0 Å². The number of hydrogen-bond acceptors (Lipinski definition) is 5. The smallest absolute Gasteiger partial charge is 0.140 e. The van der Waals surface area contributed by atoms with Gasteiger partial charge in [-0.2, -0.15) is 0 Å². The molecule has 0 bridgehead atoms.